The van der Waals surface area contributed by atoms with E-state index in [1.807, 2.05) is 6.07 Å². The van der Waals surface area contributed by atoms with E-state index in [1.54, 1.807) is 84.9 Å². The molecule has 1 aliphatic heterocycles. The van der Waals surface area contributed by atoms with Gasteiger partial charge in [0.1, 0.15) is 0 Å². The summed E-state index contributed by atoms with van der Waals surface area (Å²) in [7, 11) is 0. The monoisotopic (exact) mass is 356 g/mol. The SMILES string of the molecule is O=C(c1ccccc1)[C@@H]1C(=O)N(c2ccccc2)C(=O)N1c1ccccc1. The van der Waals surface area contributed by atoms with E-state index in [9.17, 15) is 14.4 Å². The molecule has 5 nitrogen and oxygen atoms in total. The van der Waals surface area contributed by atoms with Gasteiger partial charge < -0.3 is 0 Å². The molecule has 0 aromatic heterocycles. The number of para-hydroxylation sites is 2. The summed E-state index contributed by atoms with van der Waals surface area (Å²) >= 11 is 0. The highest BCUT2D eigenvalue weighted by Crippen LogP contribution is 2.31. The predicted octanol–water partition coefficient (Wildman–Crippen LogP) is 3.91. The van der Waals surface area contributed by atoms with Crippen molar-refractivity contribution < 1.29 is 14.4 Å². The summed E-state index contributed by atoms with van der Waals surface area (Å²) in [6.45, 7) is 0. The molecule has 0 saturated carbocycles. The Morgan fingerprint density at radius 1 is 0.667 bits per heavy atom. The lowest BCUT2D eigenvalue weighted by Crippen LogP contribution is -2.41. The number of Topliss-reactive ketones (excluding diaryl/α,β-unsaturated/α-hetero) is 1. The average molecular weight is 356 g/mol. The van der Waals surface area contributed by atoms with Crippen LogP contribution in [0.2, 0.25) is 0 Å². The minimum atomic E-state index is -1.23. The van der Waals surface area contributed by atoms with Gasteiger partial charge in [0.25, 0.3) is 5.91 Å². The largest absolute Gasteiger partial charge is 0.337 e. The third kappa shape index (κ3) is 2.89. The van der Waals surface area contributed by atoms with Gasteiger partial charge in [0.15, 0.2) is 11.8 Å². The van der Waals surface area contributed by atoms with Gasteiger partial charge in [0, 0.05) is 11.3 Å². The highest BCUT2D eigenvalue weighted by molar-refractivity contribution is 6.36. The van der Waals surface area contributed by atoms with Crippen LogP contribution in [-0.4, -0.2) is 23.8 Å². The molecule has 1 aliphatic rings. The highest BCUT2D eigenvalue weighted by atomic mass is 16.2. The molecule has 0 spiro atoms. The summed E-state index contributed by atoms with van der Waals surface area (Å²) in [5.41, 5.74) is 1.33. The van der Waals surface area contributed by atoms with Crippen molar-refractivity contribution in [2.45, 2.75) is 6.04 Å². The van der Waals surface area contributed by atoms with Gasteiger partial charge in [-0.3, -0.25) is 14.5 Å². The van der Waals surface area contributed by atoms with Crippen LogP contribution in [0.1, 0.15) is 10.4 Å². The van der Waals surface area contributed by atoms with Gasteiger partial charge in [0.05, 0.1) is 5.69 Å². The molecule has 0 aliphatic carbocycles. The molecule has 0 unspecified atom stereocenters. The van der Waals surface area contributed by atoms with Crippen molar-refractivity contribution in [3.63, 3.8) is 0 Å². The second kappa shape index (κ2) is 6.88. The minimum Gasteiger partial charge on any atom is -0.291 e. The van der Waals surface area contributed by atoms with Crippen LogP contribution < -0.4 is 9.80 Å². The number of carbonyl (C=O) groups is 3. The number of anilines is 2. The first kappa shape index (κ1) is 16.7. The molecule has 0 bridgehead atoms. The van der Waals surface area contributed by atoms with E-state index >= 15 is 0 Å². The van der Waals surface area contributed by atoms with Crippen LogP contribution in [0.4, 0.5) is 16.2 Å². The number of rotatable bonds is 4. The molecular formula is C22H16N2O3. The van der Waals surface area contributed by atoms with Crippen LogP contribution in [0.25, 0.3) is 0 Å². The van der Waals surface area contributed by atoms with Crippen LogP contribution in [-0.2, 0) is 4.79 Å². The fourth-order valence-corrected chi connectivity index (χ4v) is 3.20. The third-order valence-electron chi connectivity index (χ3n) is 4.47. The molecule has 1 fully saturated rings. The zero-order valence-electron chi connectivity index (χ0n) is 14.4. The van der Waals surface area contributed by atoms with E-state index in [0.717, 1.165) is 4.90 Å². The number of amides is 3. The van der Waals surface area contributed by atoms with Crippen LogP contribution in [0.15, 0.2) is 91.0 Å². The molecule has 0 radical (unpaired) electrons. The van der Waals surface area contributed by atoms with Gasteiger partial charge in [0.2, 0.25) is 0 Å². The molecule has 4 rings (SSSR count). The second-order valence-corrected chi connectivity index (χ2v) is 6.13. The van der Waals surface area contributed by atoms with Gasteiger partial charge in [-0.2, -0.15) is 0 Å². The Hall–Kier alpha value is -3.73. The normalized spacial score (nSPS) is 16.7. The van der Waals surface area contributed by atoms with E-state index in [1.165, 1.54) is 4.90 Å². The Kier molecular flexibility index (Phi) is 4.26. The number of nitrogens with zero attached hydrogens (tertiary/aromatic N) is 2. The smallest absolute Gasteiger partial charge is 0.291 e. The first-order valence-corrected chi connectivity index (χ1v) is 8.55. The number of hydrogen-bond acceptors (Lipinski definition) is 3. The summed E-state index contributed by atoms with van der Waals surface area (Å²) in [5.74, 6) is -0.958. The Morgan fingerprint density at radius 3 is 1.70 bits per heavy atom. The molecule has 5 heteroatoms. The van der Waals surface area contributed by atoms with Crippen molar-refractivity contribution in [2.24, 2.45) is 0 Å². The zero-order chi connectivity index (χ0) is 18.8. The zero-order valence-corrected chi connectivity index (χ0v) is 14.4. The molecule has 27 heavy (non-hydrogen) atoms. The van der Waals surface area contributed by atoms with E-state index in [0.29, 0.717) is 16.9 Å². The highest BCUT2D eigenvalue weighted by Gasteiger charge is 2.50. The van der Waals surface area contributed by atoms with Crippen molar-refractivity contribution in [1.29, 1.82) is 0 Å². The molecule has 132 valence electrons. The maximum atomic E-state index is 13.2. The Balaban J connectivity index is 1.82. The number of benzene rings is 3. The van der Waals surface area contributed by atoms with Gasteiger partial charge in [-0.25, -0.2) is 9.69 Å². The van der Waals surface area contributed by atoms with E-state index in [2.05, 4.69) is 0 Å². The summed E-state index contributed by atoms with van der Waals surface area (Å²) in [6, 6.07) is 24.2. The molecular weight excluding hydrogens is 340 g/mol. The van der Waals surface area contributed by atoms with E-state index in [4.69, 9.17) is 0 Å². The average Bonchev–Trinajstić information content (AvgIpc) is 2.99. The lowest BCUT2D eigenvalue weighted by atomic mass is 10.0. The fourth-order valence-electron chi connectivity index (χ4n) is 3.20. The Bertz CT molecular complexity index is 988. The number of carbonyl (C=O) groups excluding carboxylic acids is 3. The first-order chi connectivity index (χ1) is 13.2. The molecule has 3 amide bonds. The molecule has 1 atom stereocenters. The second-order valence-electron chi connectivity index (χ2n) is 6.13. The number of urea groups is 1. The van der Waals surface area contributed by atoms with Crippen molar-refractivity contribution in [1.82, 2.24) is 0 Å². The summed E-state index contributed by atoms with van der Waals surface area (Å²) in [6.07, 6.45) is 0. The number of ketones is 1. The maximum Gasteiger partial charge on any atom is 0.337 e. The van der Waals surface area contributed by atoms with Crippen LogP contribution in [0, 0.1) is 0 Å². The van der Waals surface area contributed by atoms with Gasteiger partial charge in [-0.05, 0) is 24.3 Å². The molecule has 1 saturated heterocycles. The quantitative estimate of drug-likeness (QED) is 0.405. The topological polar surface area (TPSA) is 57.7 Å². The molecule has 0 N–H and O–H groups in total. The summed E-state index contributed by atoms with van der Waals surface area (Å²) < 4.78 is 0. The number of imide groups is 1. The summed E-state index contributed by atoms with van der Waals surface area (Å²) in [5, 5.41) is 0. The number of hydrogen-bond donors (Lipinski definition) is 0. The maximum absolute atomic E-state index is 13.2. The molecule has 3 aromatic rings. The Morgan fingerprint density at radius 2 is 1.15 bits per heavy atom. The van der Waals surface area contributed by atoms with Crippen molar-refractivity contribution in [2.75, 3.05) is 9.80 Å². The van der Waals surface area contributed by atoms with Crippen LogP contribution >= 0.6 is 0 Å². The van der Waals surface area contributed by atoms with Gasteiger partial charge in [-0.15, -0.1) is 0 Å². The Labute approximate surface area is 156 Å². The lowest BCUT2D eigenvalue weighted by molar-refractivity contribution is -0.117. The van der Waals surface area contributed by atoms with Crippen molar-refractivity contribution in [3.05, 3.63) is 96.6 Å². The van der Waals surface area contributed by atoms with E-state index < -0.39 is 23.8 Å². The van der Waals surface area contributed by atoms with Gasteiger partial charge in [-0.1, -0.05) is 66.7 Å². The minimum absolute atomic E-state index is 0.388. The first-order valence-electron chi connectivity index (χ1n) is 8.55. The summed E-state index contributed by atoms with van der Waals surface area (Å²) in [4.78, 5) is 41.8. The standard InChI is InChI=1S/C22H16N2O3/c25-20(16-10-4-1-5-11-16)19-21(26)24(18-14-8-3-9-15-18)22(27)23(19)17-12-6-2-7-13-17/h1-15,19H/t19-/m1/s1. The van der Waals surface area contributed by atoms with Gasteiger partial charge >= 0.3 is 6.03 Å². The van der Waals surface area contributed by atoms with E-state index in [-0.39, 0.29) is 0 Å². The lowest BCUT2D eigenvalue weighted by Gasteiger charge is -2.21. The van der Waals surface area contributed by atoms with Crippen LogP contribution in [0.5, 0.6) is 0 Å². The fraction of sp³-hybridized carbons (Fsp3) is 0.0455. The predicted molar refractivity (Wildman–Crippen MR) is 103 cm³/mol. The third-order valence-corrected chi connectivity index (χ3v) is 4.47. The molecule has 3 aromatic carbocycles. The van der Waals surface area contributed by atoms with Crippen LogP contribution in [0.3, 0.4) is 0 Å². The van der Waals surface area contributed by atoms with Crippen molar-refractivity contribution in [3.8, 4) is 0 Å². The molecule has 1 heterocycles. The van der Waals surface area contributed by atoms with Crippen molar-refractivity contribution >= 4 is 29.1 Å².